The van der Waals surface area contributed by atoms with Crippen LogP contribution in [0, 0.1) is 6.92 Å². The average Bonchev–Trinajstić information content (AvgIpc) is 3.00. The molecule has 0 spiro atoms. The van der Waals surface area contributed by atoms with E-state index >= 15 is 0 Å². The molecule has 12 nitrogen and oxygen atoms in total. The number of hydrogen-bond acceptors (Lipinski definition) is 10. The average molecular weight is 361 g/mol. The highest BCUT2D eigenvalue weighted by atomic mass is 32.2. The van der Waals surface area contributed by atoms with Gasteiger partial charge in [0.25, 0.3) is 0 Å². The molecule has 1 saturated heterocycles. The van der Waals surface area contributed by atoms with Gasteiger partial charge in [-0.2, -0.15) is 8.42 Å². The van der Waals surface area contributed by atoms with Crippen LogP contribution in [0.4, 0.5) is 5.82 Å². The summed E-state index contributed by atoms with van der Waals surface area (Å²) in [6, 6.07) is 0. The van der Waals surface area contributed by atoms with Crippen LogP contribution in [0.25, 0.3) is 11.2 Å². The van der Waals surface area contributed by atoms with Crippen molar-refractivity contribution in [2.75, 3.05) is 12.3 Å². The minimum atomic E-state index is -5.15. The summed E-state index contributed by atoms with van der Waals surface area (Å²) in [7, 11) is -5.15. The fourth-order valence-corrected chi connectivity index (χ4v) is 3.79. The number of aryl methyl sites for hydroxylation is 1. The molecule has 6 N–H and O–H groups in total. The van der Waals surface area contributed by atoms with Gasteiger partial charge in [-0.25, -0.2) is 15.0 Å². The van der Waals surface area contributed by atoms with Gasteiger partial charge in [-0.05, 0) is 6.92 Å². The van der Waals surface area contributed by atoms with Gasteiger partial charge >= 0.3 is 15.2 Å². The molecular formula is C11H15N5O7S. The van der Waals surface area contributed by atoms with Crippen molar-refractivity contribution in [3.8, 4) is 0 Å². The zero-order valence-corrected chi connectivity index (χ0v) is 13.1. The van der Waals surface area contributed by atoms with E-state index in [4.69, 9.17) is 10.5 Å². The van der Waals surface area contributed by atoms with Crippen LogP contribution in [0.3, 0.4) is 0 Å². The van der Waals surface area contributed by atoms with E-state index in [0.717, 1.165) is 10.9 Å². The number of nitrogen functional groups attached to an aromatic ring is 1. The molecule has 3 rings (SSSR count). The Hall–Kier alpha value is -1.90. The SMILES string of the molecule is Cc1nc(N)c2ncn([C@]3(S(=O)(=O)O)O[C@H](CO)[C@@H](O)[C@H]3O)c2n1. The van der Waals surface area contributed by atoms with Crippen LogP contribution in [-0.4, -0.2) is 72.7 Å². The Bertz CT molecular complexity index is 900. The normalized spacial score (nSPS) is 31.0. The number of nitrogens with two attached hydrogens (primary N) is 1. The molecule has 0 unspecified atom stereocenters. The van der Waals surface area contributed by atoms with E-state index < -0.39 is 40.1 Å². The van der Waals surface area contributed by atoms with Crippen molar-refractivity contribution in [3.05, 3.63) is 12.2 Å². The number of rotatable bonds is 3. The fourth-order valence-electron chi connectivity index (χ4n) is 2.72. The van der Waals surface area contributed by atoms with E-state index in [2.05, 4.69) is 15.0 Å². The van der Waals surface area contributed by atoms with Crippen LogP contribution < -0.4 is 5.73 Å². The van der Waals surface area contributed by atoms with Crippen LogP contribution in [0.2, 0.25) is 0 Å². The molecule has 132 valence electrons. The summed E-state index contributed by atoms with van der Waals surface area (Å²) in [5, 5.41) is 26.6. The molecule has 0 aromatic carbocycles. The van der Waals surface area contributed by atoms with E-state index in [1.165, 1.54) is 6.92 Å². The summed E-state index contributed by atoms with van der Waals surface area (Å²) in [4.78, 5) is 11.8. The third-order valence-corrected chi connectivity index (χ3v) is 5.09. The molecule has 0 aliphatic carbocycles. The molecule has 2 aromatic heterocycles. The highest BCUT2D eigenvalue weighted by molar-refractivity contribution is 7.86. The van der Waals surface area contributed by atoms with Gasteiger partial charge in [0.05, 0.1) is 6.61 Å². The first kappa shape index (κ1) is 16.9. The van der Waals surface area contributed by atoms with Crippen molar-refractivity contribution in [2.24, 2.45) is 0 Å². The first-order chi connectivity index (χ1) is 11.1. The Morgan fingerprint density at radius 3 is 2.62 bits per heavy atom. The first-order valence-corrected chi connectivity index (χ1v) is 8.17. The summed E-state index contributed by atoms with van der Waals surface area (Å²) in [6.07, 6.45) is -4.44. The lowest BCUT2D eigenvalue weighted by molar-refractivity contribution is -0.0887. The van der Waals surface area contributed by atoms with Crippen LogP contribution in [0.5, 0.6) is 0 Å². The summed E-state index contributed by atoms with van der Waals surface area (Å²) >= 11 is 0. The lowest BCUT2D eigenvalue weighted by Crippen LogP contribution is -2.51. The van der Waals surface area contributed by atoms with Gasteiger partial charge in [-0.1, -0.05) is 0 Å². The maximum Gasteiger partial charge on any atom is 0.318 e. The van der Waals surface area contributed by atoms with Gasteiger partial charge < -0.3 is 25.8 Å². The molecule has 0 radical (unpaired) electrons. The number of anilines is 1. The van der Waals surface area contributed by atoms with Gasteiger partial charge in [0, 0.05) is 0 Å². The summed E-state index contributed by atoms with van der Waals surface area (Å²) in [5.74, 6) is 0.132. The van der Waals surface area contributed by atoms with Crippen molar-refractivity contribution >= 4 is 27.1 Å². The Morgan fingerprint density at radius 1 is 1.42 bits per heavy atom. The molecule has 4 atom stereocenters. The minimum absolute atomic E-state index is 0.0152. The second-order valence-corrected chi connectivity index (χ2v) is 6.86. The summed E-state index contributed by atoms with van der Waals surface area (Å²) < 4.78 is 39.7. The largest absolute Gasteiger partial charge is 0.394 e. The summed E-state index contributed by atoms with van der Waals surface area (Å²) in [5.41, 5.74) is 5.58. The minimum Gasteiger partial charge on any atom is -0.394 e. The molecule has 2 aromatic rings. The number of aliphatic hydroxyl groups is 3. The quantitative estimate of drug-likeness (QED) is 0.358. The highest BCUT2D eigenvalue weighted by Crippen LogP contribution is 2.41. The van der Waals surface area contributed by atoms with E-state index in [0.29, 0.717) is 0 Å². The van der Waals surface area contributed by atoms with Gasteiger partial charge in [-0.3, -0.25) is 9.12 Å². The first-order valence-electron chi connectivity index (χ1n) is 6.73. The van der Waals surface area contributed by atoms with Crippen molar-refractivity contribution in [2.45, 2.75) is 30.3 Å². The molecule has 0 amide bonds. The number of aromatic nitrogens is 4. The Balaban J connectivity index is 2.35. The van der Waals surface area contributed by atoms with E-state index in [1.54, 1.807) is 0 Å². The number of imidazole rings is 1. The number of fused-ring (bicyclic) bond motifs is 1. The maximum atomic E-state index is 12.0. The Labute approximate surface area is 135 Å². The van der Waals surface area contributed by atoms with E-state index in [1.807, 2.05) is 0 Å². The van der Waals surface area contributed by atoms with Crippen molar-refractivity contribution in [1.82, 2.24) is 19.5 Å². The van der Waals surface area contributed by atoms with E-state index in [-0.39, 0.29) is 22.8 Å². The van der Waals surface area contributed by atoms with Crippen molar-refractivity contribution in [1.29, 1.82) is 0 Å². The molecule has 3 heterocycles. The topological polar surface area (TPSA) is 194 Å². The van der Waals surface area contributed by atoms with Gasteiger partial charge in [0.15, 0.2) is 11.5 Å². The smallest absolute Gasteiger partial charge is 0.318 e. The Morgan fingerprint density at radius 2 is 2.08 bits per heavy atom. The number of ether oxygens (including phenoxy) is 1. The number of nitrogens with zero attached hydrogens (tertiary/aromatic N) is 4. The monoisotopic (exact) mass is 361 g/mol. The van der Waals surface area contributed by atoms with Crippen molar-refractivity contribution < 1.29 is 33.0 Å². The molecule has 24 heavy (non-hydrogen) atoms. The predicted octanol–water partition coefficient (Wildman–Crippen LogP) is -2.67. The molecule has 1 fully saturated rings. The van der Waals surface area contributed by atoms with E-state index in [9.17, 15) is 28.3 Å². The molecule has 1 aliphatic heterocycles. The van der Waals surface area contributed by atoms with Crippen LogP contribution in [-0.2, 0) is 19.9 Å². The van der Waals surface area contributed by atoms with Crippen LogP contribution in [0.1, 0.15) is 5.82 Å². The molecule has 1 aliphatic rings. The number of hydrogen-bond donors (Lipinski definition) is 5. The lowest BCUT2D eigenvalue weighted by atomic mass is 10.1. The lowest BCUT2D eigenvalue weighted by Gasteiger charge is -2.29. The zero-order chi connectivity index (χ0) is 17.9. The standard InChI is InChI=1S/C11H15N5O7S/c1-4-14-9(12)6-10(15-4)16(3-13-6)11(24(20,21)22)8(19)7(18)5(2-17)23-11/h3,5,7-8,17-19H,2H2,1H3,(H2,12,14,15)(H,20,21,22)/t5-,7-,8-,11+/m1/s1. The van der Waals surface area contributed by atoms with Gasteiger partial charge in [0.1, 0.15) is 36.0 Å². The van der Waals surface area contributed by atoms with Crippen LogP contribution >= 0.6 is 0 Å². The number of aliphatic hydroxyl groups excluding tert-OH is 3. The second kappa shape index (κ2) is 5.30. The van der Waals surface area contributed by atoms with Crippen LogP contribution in [0.15, 0.2) is 6.33 Å². The maximum absolute atomic E-state index is 12.0. The molecule has 0 saturated carbocycles. The Kier molecular flexibility index (Phi) is 3.74. The second-order valence-electron chi connectivity index (χ2n) is 5.32. The fraction of sp³-hybridized carbons (Fsp3) is 0.545. The third kappa shape index (κ3) is 2.10. The van der Waals surface area contributed by atoms with Gasteiger partial charge in [0.2, 0.25) is 0 Å². The zero-order valence-electron chi connectivity index (χ0n) is 12.3. The predicted molar refractivity (Wildman–Crippen MR) is 78.0 cm³/mol. The summed E-state index contributed by atoms with van der Waals surface area (Å²) in [6.45, 7) is 0.697. The molecule has 0 bridgehead atoms. The highest BCUT2D eigenvalue weighted by Gasteiger charge is 2.64. The molecule has 13 heteroatoms. The third-order valence-electron chi connectivity index (χ3n) is 3.82. The van der Waals surface area contributed by atoms with Gasteiger partial charge in [-0.15, -0.1) is 0 Å². The van der Waals surface area contributed by atoms with Crippen molar-refractivity contribution in [3.63, 3.8) is 0 Å². The molecular weight excluding hydrogens is 346 g/mol.